The van der Waals surface area contributed by atoms with Crippen molar-refractivity contribution in [3.05, 3.63) is 59.4 Å². The lowest BCUT2D eigenvalue weighted by atomic mass is 10.2. The molecule has 20 heavy (non-hydrogen) atoms. The summed E-state index contributed by atoms with van der Waals surface area (Å²) in [5, 5.41) is 0. The van der Waals surface area contributed by atoms with E-state index < -0.39 is 5.97 Å². The number of carbonyl (C=O) groups is 1. The van der Waals surface area contributed by atoms with Gasteiger partial charge in [0.25, 0.3) is 0 Å². The Hall–Kier alpha value is -2.56. The van der Waals surface area contributed by atoms with Crippen LogP contribution in [0.5, 0.6) is 5.75 Å². The summed E-state index contributed by atoms with van der Waals surface area (Å²) in [5.74, 6) is -0.362. The summed E-state index contributed by atoms with van der Waals surface area (Å²) in [5.41, 5.74) is 7.10. The second-order valence-electron chi connectivity index (χ2n) is 4.20. The van der Waals surface area contributed by atoms with Gasteiger partial charge in [0.15, 0.2) is 0 Å². The van der Waals surface area contributed by atoms with Crippen molar-refractivity contribution < 1.29 is 18.7 Å². The Morgan fingerprint density at radius 2 is 1.90 bits per heavy atom. The summed E-state index contributed by atoms with van der Waals surface area (Å²) in [6.45, 7) is 0.0657. The third-order valence-corrected chi connectivity index (χ3v) is 2.68. The first-order valence-electron chi connectivity index (χ1n) is 5.94. The fourth-order valence-electron chi connectivity index (χ4n) is 1.67. The Morgan fingerprint density at radius 3 is 2.55 bits per heavy atom. The van der Waals surface area contributed by atoms with Crippen LogP contribution < -0.4 is 10.5 Å². The van der Waals surface area contributed by atoms with E-state index in [0.29, 0.717) is 22.6 Å². The smallest absolute Gasteiger partial charge is 0.338 e. The first-order chi connectivity index (χ1) is 9.58. The lowest BCUT2D eigenvalue weighted by molar-refractivity contribution is 0.0472. The molecule has 0 radical (unpaired) electrons. The molecule has 0 saturated heterocycles. The van der Waals surface area contributed by atoms with Crippen molar-refractivity contribution in [2.24, 2.45) is 0 Å². The molecule has 0 saturated carbocycles. The molecule has 5 heteroatoms. The highest BCUT2D eigenvalue weighted by molar-refractivity contribution is 5.91. The highest BCUT2D eigenvalue weighted by atomic mass is 19.1. The van der Waals surface area contributed by atoms with Gasteiger partial charge in [-0.1, -0.05) is 12.1 Å². The summed E-state index contributed by atoms with van der Waals surface area (Å²) < 4.78 is 22.9. The van der Waals surface area contributed by atoms with E-state index in [9.17, 15) is 9.18 Å². The lowest BCUT2D eigenvalue weighted by Crippen LogP contribution is -2.06. The standard InChI is InChI=1S/C15H14FNO3/c1-19-14-7-11(6-13(17)8-14)15(18)20-9-10-2-4-12(16)5-3-10/h2-8H,9,17H2,1H3. The molecule has 0 aromatic heterocycles. The molecule has 0 heterocycles. The Bertz CT molecular complexity index is 611. The van der Waals surface area contributed by atoms with Gasteiger partial charge in [0.05, 0.1) is 12.7 Å². The first-order valence-corrected chi connectivity index (χ1v) is 5.94. The van der Waals surface area contributed by atoms with Crippen LogP contribution in [0.2, 0.25) is 0 Å². The van der Waals surface area contributed by atoms with Gasteiger partial charge in [-0.25, -0.2) is 9.18 Å². The van der Waals surface area contributed by atoms with E-state index in [1.165, 1.54) is 25.3 Å². The molecule has 2 aromatic carbocycles. The normalized spacial score (nSPS) is 10.1. The predicted molar refractivity (Wildman–Crippen MR) is 72.9 cm³/mol. The number of methoxy groups -OCH3 is 1. The van der Waals surface area contributed by atoms with Gasteiger partial charge >= 0.3 is 5.97 Å². The maximum Gasteiger partial charge on any atom is 0.338 e. The SMILES string of the molecule is COc1cc(N)cc(C(=O)OCc2ccc(F)cc2)c1. The van der Waals surface area contributed by atoms with Crippen LogP contribution in [0.4, 0.5) is 10.1 Å². The summed E-state index contributed by atoms with van der Waals surface area (Å²) >= 11 is 0. The minimum atomic E-state index is -0.514. The zero-order valence-electron chi connectivity index (χ0n) is 10.9. The van der Waals surface area contributed by atoms with Gasteiger partial charge in [0, 0.05) is 11.8 Å². The number of rotatable bonds is 4. The van der Waals surface area contributed by atoms with Crippen molar-refractivity contribution in [3.63, 3.8) is 0 Å². The summed E-state index contributed by atoms with van der Waals surface area (Å²) in [7, 11) is 1.49. The minimum Gasteiger partial charge on any atom is -0.497 e. The number of halogens is 1. The molecular weight excluding hydrogens is 261 g/mol. The van der Waals surface area contributed by atoms with Crippen molar-refractivity contribution in [3.8, 4) is 5.75 Å². The molecule has 0 bridgehead atoms. The molecule has 0 fully saturated rings. The molecule has 2 N–H and O–H groups in total. The van der Waals surface area contributed by atoms with Crippen molar-refractivity contribution in [2.75, 3.05) is 12.8 Å². The van der Waals surface area contributed by atoms with Gasteiger partial charge in [-0.3, -0.25) is 0 Å². The van der Waals surface area contributed by atoms with E-state index >= 15 is 0 Å². The number of ether oxygens (including phenoxy) is 2. The fourth-order valence-corrected chi connectivity index (χ4v) is 1.67. The maximum absolute atomic E-state index is 12.7. The number of carbonyl (C=O) groups excluding carboxylic acids is 1. The Labute approximate surface area is 115 Å². The Morgan fingerprint density at radius 1 is 1.20 bits per heavy atom. The van der Waals surface area contributed by atoms with E-state index in [0.717, 1.165) is 0 Å². The van der Waals surface area contributed by atoms with Crippen molar-refractivity contribution in [1.29, 1.82) is 0 Å². The molecule has 2 aromatic rings. The molecular formula is C15H14FNO3. The van der Waals surface area contributed by atoms with Crippen molar-refractivity contribution in [2.45, 2.75) is 6.61 Å². The molecule has 2 rings (SSSR count). The third-order valence-electron chi connectivity index (χ3n) is 2.68. The quantitative estimate of drug-likeness (QED) is 0.688. The molecule has 0 atom stereocenters. The highest BCUT2D eigenvalue weighted by Gasteiger charge is 2.10. The van der Waals surface area contributed by atoms with Crippen LogP contribution in [0.3, 0.4) is 0 Å². The summed E-state index contributed by atoms with van der Waals surface area (Å²) in [4.78, 5) is 11.9. The van der Waals surface area contributed by atoms with Crippen LogP contribution in [0.25, 0.3) is 0 Å². The van der Waals surface area contributed by atoms with E-state index in [1.54, 1.807) is 24.3 Å². The molecule has 4 nitrogen and oxygen atoms in total. The molecule has 104 valence electrons. The zero-order valence-corrected chi connectivity index (χ0v) is 10.9. The van der Waals surface area contributed by atoms with Crippen LogP contribution in [0, 0.1) is 5.82 Å². The maximum atomic E-state index is 12.7. The topological polar surface area (TPSA) is 61.5 Å². The largest absolute Gasteiger partial charge is 0.497 e. The number of benzene rings is 2. The van der Waals surface area contributed by atoms with Gasteiger partial charge in [0.2, 0.25) is 0 Å². The van der Waals surface area contributed by atoms with E-state index in [1.807, 2.05) is 0 Å². The molecule has 0 amide bonds. The van der Waals surface area contributed by atoms with Crippen LogP contribution in [0.15, 0.2) is 42.5 Å². The first kappa shape index (κ1) is 13.9. The van der Waals surface area contributed by atoms with Crippen LogP contribution in [-0.2, 0) is 11.3 Å². The molecule has 0 spiro atoms. The number of esters is 1. The minimum absolute atomic E-state index is 0.0657. The van der Waals surface area contributed by atoms with Gasteiger partial charge in [-0.15, -0.1) is 0 Å². The van der Waals surface area contributed by atoms with Crippen LogP contribution >= 0.6 is 0 Å². The van der Waals surface area contributed by atoms with Crippen molar-refractivity contribution >= 4 is 11.7 Å². The summed E-state index contributed by atoms with van der Waals surface area (Å²) in [6, 6.07) is 10.4. The lowest BCUT2D eigenvalue weighted by Gasteiger charge is -2.07. The monoisotopic (exact) mass is 275 g/mol. The Balaban J connectivity index is 2.04. The number of hydrogen-bond acceptors (Lipinski definition) is 4. The Kier molecular flexibility index (Phi) is 4.20. The van der Waals surface area contributed by atoms with Gasteiger partial charge in [0.1, 0.15) is 18.2 Å². The third kappa shape index (κ3) is 3.47. The number of nitrogen functional groups attached to an aromatic ring is 1. The zero-order chi connectivity index (χ0) is 14.5. The molecule has 0 aliphatic rings. The number of anilines is 1. The van der Waals surface area contributed by atoms with E-state index in [-0.39, 0.29) is 12.4 Å². The molecule has 0 aliphatic heterocycles. The van der Waals surface area contributed by atoms with Crippen LogP contribution in [0.1, 0.15) is 15.9 Å². The van der Waals surface area contributed by atoms with Crippen molar-refractivity contribution in [1.82, 2.24) is 0 Å². The van der Waals surface area contributed by atoms with Crippen LogP contribution in [-0.4, -0.2) is 13.1 Å². The molecule has 0 aliphatic carbocycles. The molecule has 0 unspecified atom stereocenters. The van der Waals surface area contributed by atoms with Gasteiger partial charge in [-0.05, 0) is 29.8 Å². The average Bonchev–Trinajstić information content (AvgIpc) is 2.45. The predicted octanol–water partition coefficient (Wildman–Crippen LogP) is 2.77. The number of nitrogens with two attached hydrogens (primary N) is 1. The van der Waals surface area contributed by atoms with E-state index in [4.69, 9.17) is 15.2 Å². The summed E-state index contributed by atoms with van der Waals surface area (Å²) in [6.07, 6.45) is 0. The second kappa shape index (κ2) is 6.06. The fraction of sp³-hybridized carbons (Fsp3) is 0.133. The van der Waals surface area contributed by atoms with Gasteiger partial charge in [-0.2, -0.15) is 0 Å². The number of hydrogen-bond donors (Lipinski definition) is 1. The van der Waals surface area contributed by atoms with E-state index in [2.05, 4.69) is 0 Å². The highest BCUT2D eigenvalue weighted by Crippen LogP contribution is 2.19. The second-order valence-corrected chi connectivity index (χ2v) is 4.20. The average molecular weight is 275 g/mol. The van der Waals surface area contributed by atoms with Gasteiger partial charge < -0.3 is 15.2 Å².